The Morgan fingerprint density at radius 3 is 2.00 bits per heavy atom. The minimum absolute atomic E-state index is 0.0112. The highest BCUT2D eigenvalue weighted by Gasteiger charge is 2.28. The van der Waals surface area contributed by atoms with E-state index in [0.29, 0.717) is 19.4 Å². The predicted molar refractivity (Wildman–Crippen MR) is 109 cm³/mol. The molecule has 0 aromatic heterocycles. The molecule has 144 valence electrons. The summed E-state index contributed by atoms with van der Waals surface area (Å²) in [5.41, 5.74) is 2.13. The van der Waals surface area contributed by atoms with Crippen molar-refractivity contribution in [2.24, 2.45) is 0 Å². The van der Waals surface area contributed by atoms with Gasteiger partial charge < -0.3 is 10.2 Å². The van der Waals surface area contributed by atoms with E-state index in [9.17, 15) is 9.59 Å². The van der Waals surface area contributed by atoms with E-state index in [1.54, 1.807) is 4.90 Å². The van der Waals surface area contributed by atoms with E-state index in [-0.39, 0.29) is 17.9 Å². The largest absolute Gasteiger partial charge is 0.352 e. The van der Waals surface area contributed by atoms with Crippen LogP contribution in [0, 0.1) is 0 Å². The number of amides is 2. The fraction of sp³-hybridized carbons (Fsp3) is 0.391. The fourth-order valence-electron chi connectivity index (χ4n) is 3.15. The molecule has 0 saturated carbocycles. The van der Waals surface area contributed by atoms with Crippen LogP contribution in [0.3, 0.4) is 0 Å². The first-order chi connectivity index (χ1) is 13.0. The molecule has 0 aliphatic rings. The van der Waals surface area contributed by atoms with E-state index < -0.39 is 6.04 Å². The van der Waals surface area contributed by atoms with E-state index in [4.69, 9.17) is 0 Å². The molecule has 0 radical (unpaired) electrons. The Hall–Kier alpha value is -2.62. The Bertz CT molecular complexity index is 714. The third kappa shape index (κ3) is 6.55. The zero-order chi connectivity index (χ0) is 19.6. The first-order valence-electron chi connectivity index (χ1n) is 9.69. The second-order valence-corrected chi connectivity index (χ2v) is 7.07. The molecule has 0 heterocycles. The summed E-state index contributed by atoms with van der Waals surface area (Å²) in [7, 11) is 0. The minimum atomic E-state index is -0.452. The van der Waals surface area contributed by atoms with Gasteiger partial charge in [-0.2, -0.15) is 0 Å². The Kier molecular flexibility index (Phi) is 8.05. The molecule has 1 unspecified atom stereocenters. The van der Waals surface area contributed by atoms with Crippen molar-refractivity contribution in [3.05, 3.63) is 71.8 Å². The summed E-state index contributed by atoms with van der Waals surface area (Å²) in [5.74, 6) is -0.0927. The van der Waals surface area contributed by atoms with Crippen LogP contribution in [0.1, 0.15) is 38.3 Å². The summed E-state index contributed by atoms with van der Waals surface area (Å²) >= 11 is 0. The summed E-state index contributed by atoms with van der Waals surface area (Å²) in [6, 6.07) is 19.4. The number of carbonyl (C=O) groups is 2. The van der Waals surface area contributed by atoms with Gasteiger partial charge in [0.1, 0.15) is 6.04 Å². The van der Waals surface area contributed by atoms with Crippen LogP contribution in [0.2, 0.25) is 0 Å². The van der Waals surface area contributed by atoms with Crippen LogP contribution in [-0.2, 0) is 22.4 Å². The van der Waals surface area contributed by atoms with Crippen LogP contribution in [0.5, 0.6) is 0 Å². The smallest absolute Gasteiger partial charge is 0.242 e. The lowest BCUT2D eigenvalue weighted by molar-refractivity contribution is -0.140. The molecular weight excluding hydrogens is 336 g/mol. The van der Waals surface area contributed by atoms with Gasteiger partial charge in [-0.05, 0) is 37.8 Å². The van der Waals surface area contributed by atoms with Crippen LogP contribution < -0.4 is 5.32 Å². The maximum absolute atomic E-state index is 13.1. The molecular formula is C23H30N2O2. The lowest BCUT2D eigenvalue weighted by atomic mass is 10.1. The quantitative estimate of drug-likeness (QED) is 0.737. The van der Waals surface area contributed by atoms with Crippen LogP contribution >= 0.6 is 0 Å². The maximum Gasteiger partial charge on any atom is 0.242 e. The molecule has 0 bridgehead atoms. The SMILES string of the molecule is CCC(C(=O)NC(C)C)N(CCc1ccccc1)C(=O)Cc1ccccc1. The highest BCUT2D eigenvalue weighted by atomic mass is 16.2. The van der Waals surface area contributed by atoms with Crippen LogP contribution in [0.4, 0.5) is 0 Å². The summed E-state index contributed by atoms with van der Waals surface area (Å²) in [6.45, 7) is 6.35. The number of rotatable bonds is 9. The molecule has 2 amide bonds. The molecule has 2 aromatic carbocycles. The predicted octanol–water partition coefficient (Wildman–Crippen LogP) is 3.60. The molecule has 0 aliphatic carbocycles. The van der Waals surface area contributed by atoms with Crippen molar-refractivity contribution >= 4 is 11.8 Å². The number of benzene rings is 2. The van der Waals surface area contributed by atoms with E-state index >= 15 is 0 Å². The van der Waals surface area contributed by atoms with Crippen molar-refractivity contribution < 1.29 is 9.59 Å². The van der Waals surface area contributed by atoms with E-state index in [0.717, 1.165) is 17.5 Å². The van der Waals surface area contributed by atoms with Crippen LogP contribution in [0.25, 0.3) is 0 Å². The average Bonchev–Trinajstić information content (AvgIpc) is 2.66. The van der Waals surface area contributed by atoms with Crippen molar-refractivity contribution in [1.29, 1.82) is 0 Å². The lowest BCUT2D eigenvalue weighted by Crippen LogP contribution is -2.51. The molecule has 1 N–H and O–H groups in total. The molecule has 0 aliphatic heterocycles. The highest BCUT2D eigenvalue weighted by Crippen LogP contribution is 2.12. The van der Waals surface area contributed by atoms with Gasteiger partial charge in [-0.15, -0.1) is 0 Å². The number of carbonyl (C=O) groups excluding carboxylic acids is 2. The van der Waals surface area contributed by atoms with Crippen molar-refractivity contribution in [3.63, 3.8) is 0 Å². The van der Waals surface area contributed by atoms with Gasteiger partial charge >= 0.3 is 0 Å². The summed E-state index contributed by atoms with van der Waals surface area (Å²) < 4.78 is 0. The zero-order valence-electron chi connectivity index (χ0n) is 16.5. The van der Waals surface area contributed by atoms with Crippen molar-refractivity contribution in [3.8, 4) is 0 Å². The molecule has 0 fully saturated rings. The first kappa shape index (κ1) is 20.7. The van der Waals surface area contributed by atoms with E-state index in [1.165, 1.54) is 0 Å². The average molecular weight is 367 g/mol. The second kappa shape index (κ2) is 10.5. The number of hydrogen-bond donors (Lipinski definition) is 1. The van der Waals surface area contributed by atoms with Gasteiger partial charge in [0.15, 0.2) is 0 Å². The Labute approximate surface area is 162 Å². The Morgan fingerprint density at radius 2 is 1.48 bits per heavy atom. The zero-order valence-corrected chi connectivity index (χ0v) is 16.5. The van der Waals surface area contributed by atoms with E-state index in [1.807, 2.05) is 69.3 Å². The summed E-state index contributed by atoms with van der Waals surface area (Å²) in [4.78, 5) is 27.5. The Balaban J connectivity index is 2.17. The first-order valence-corrected chi connectivity index (χ1v) is 9.69. The molecule has 1 atom stereocenters. The van der Waals surface area contributed by atoms with Gasteiger partial charge in [0, 0.05) is 12.6 Å². The Morgan fingerprint density at radius 1 is 0.926 bits per heavy atom. The number of nitrogens with zero attached hydrogens (tertiary/aromatic N) is 1. The van der Waals surface area contributed by atoms with Crippen molar-refractivity contribution in [2.75, 3.05) is 6.54 Å². The van der Waals surface area contributed by atoms with Gasteiger partial charge in [-0.25, -0.2) is 0 Å². The van der Waals surface area contributed by atoms with Gasteiger partial charge in [-0.3, -0.25) is 9.59 Å². The fourth-order valence-corrected chi connectivity index (χ4v) is 3.15. The van der Waals surface area contributed by atoms with Gasteiger partial charge in [0.2, 0.25) is 11.8 Å². The molecule has 4 nitrogen and oxygen atoms in total. The van der Waals surface area contributed by atoms with Gasteiger partial charge in [-0.1, -0.05) is 67.6 Å². The maximum atomic E-state index is 13.1. The monoisotopic (exact) mass is 366 g/mol. The molecule has 27 heavy (non-hydrogen) atoms. The van der Waals surface area contributed by atoms with E-state index in [2.05, 4.69) is 17.4 Å². The molecule has 2 rings (SSSR count). The van der Waals surface area contributed by atoms with Gasteiger partial charge in [0.05, 0.1) is 6.42 Å². The summed E-state index contributed by atoms with van der Waals surface area (Å²) in [5, 5.41) is 2.96. The lowest BCUT2D eigenvalue weighted by Gasteiger charge is -2.31. The topological polar surface area (TPSA) is 49.4 Å². The van der Waals surface area contributed by atoms with Crippen LogP contribution in [-0.4, -0.2) is 35.3 Å². The third-order valence-corrected chi connectivity index (χ3v) is 4.50. The molecule has 0 spiro atoms. The standard InChI is InChI=1S/C23H30N2O2/c1-4-21(23(27)24-18(2)3)25(16-15-19-11-7-5-8-12-19)22(26)17-20-13-9-6-10-14-20/h5-14,18,21H,4,15-17H2,1-3H3,(H,24,27). The minimum Gasteiger partial charge on any atom is -0.352 e. The second-order valence-electron chi connectivity index (χ2n) is 7.07. The van der Waals surface area contributed by atoms with Crippen molar-refractivity contribution in [1.82, 2.24) is 10.2 Å². The molecule has 2 aromatic rings. The molecule has 0 saturated heterocycles. The van der Waals surface area contributed by atoms with Crippen molar-refractivity contribution in [2.45, 2.75) is 52.1 Å². The number of nitrogens with one attached hydrogen (secondary N) is 1. The highest BCUT2D eigenvalue weighted by molar-refractivity contribution is 5.88. The van der Waals surface area contributed by atoms with Gasteiger partial charge in [0.25, 0.3) is 0 Å². The number of hydrogen-bond acceptors (Lipinski definition) is 2. The van der Waals surface area contributed by atoms with Crippen LogP contribution in [0.15, 0.2) is 60.7 Å². The summed E-state index contributed by atoms with van der Waals surface area (Å²) in [6.07, 6.45) is 1.63. The third-order valence-electron chi connectivity index (χ3n) is 4.50. The molecule has 4 heteroatoms. The normalized spacial score (nSPS) is 11.9.